The van der Waals surface area contributed by atoms with E-state index in [1.54, 1.807) is 13.8 Å². The van der Waals surface area contributed by atoms with Gasteiger partial charge in [0.25, 0.3) is 0 Å². The SMILES string of the molecule is COC(=O)C(C)(C)[C@@H](N)c1ccc2cc[nH]c2c1.Cl. The van der Waals surface area contributed by atoms with Crippen molar-refractivity contribution in [1.29, 1.82) is 0 Å². The highest BCUT2D eigenvalue weighted by molar-refractivity contribution is 5.85. The van der Waals surface area contributed by atoms with Crippen molar-refractivity contribution in [3.8, 4) is 0 Å². The Kier molecular flexibility index (Phi) is 4.61. The van der Waals surface area contributed by atoms with Crippen LogP contribution < -0.4 is 5.73 Å². The van der Waals surface area contributed by atoms with Gasteiger partial charge < -0.3 is 15.5 Å². The summed E-state index contributed by atoms with van der Waals surface area (Å²) in [6, 6.07) is 7.51. The lowest BCUT2D eigenvalue weighted by Crippen LogP contribution is -2.37. The van der Waals surface area contributed by atoms with Gasteiger partial charge in [0, 0.05) is 17.8 Å². The Morgan fingerprint density at radius 3 is 2.68 bits per heavy atom. The van der Waals surface area contributed by atoms with Crippen molar-refractivity contribution in [3.63, 3.8) is 0 Å². The molecule has 104 valence electrons. The number of carbonyl (C=O) groups excluding carboxylic acids is 1. The van der Waals surface area contributed by atoms with Gasteiger partial charge in [-0.05, 0) is 36.9 Å². The number of hydrogen-bond donors (Lipinski definition) is 2. The fourth-order valence-corrected chi connectivity index (χ4v) is 2.07. The number of benzene rings is 1. The van der Waals surface area contributed by atoms with Crippen LogP contribution in [0.15, 0.2) is 30.5 Å². The topological polar surface area (TPSA) is 68.1 Å². The lowest BCUT2D eigenvalue weighted by atomic mass is 9.81. The maximum Gasteiger partial charge on any atom is 0.313 e. The molecule has 19 heavy (non-hydrogen) atoms. The highest BCUT2D eigenvalue weighted by Gasteiger charge is 2.36. The van der Waals surface area contributed by atoms with Crippen molar-refractivity contribution < 1.29 is 9.53 Å². The number of ether oxygens (including phenoxy) is 1. The summed E-state index contributed by atoms with van der Waals surface area (Å²) in [5.74, 6) is -0.304. The zero-order valence-electron chi connectivity index (χ0n) is 11.3. The molecule has 1 atom stereocenters. The summed E-state index contributed by atoms with van der Waals surface area (Å²) in [6.07, 6.45) is 1.88. The molecule has 3 N–H and O–H groups in total. The number of methoxy groups -OCH3 is 1. The number of nitrogens with two attached hydrogens (primary N) is 1. The lowest BCUT2D eigenvalue weighted by Gasteiger charge is -2.28. The molecule has 4 nitrogen and oxygen atoms in total. The minimum atomic E-state index is -0.755. The molecule has 0 amide bonds. The van der Waals surface area contributed by atoms with Crippen LogP contribution in [-0.2, 0) is 9.53 Å². The number of H-pyrrole nitrogens is 1. The van der Waals surface area contributed by atoms with E-state index in [-0.39, 0.29) is 18.4 Å². The van der Waals surface area contributed by atoms with Gasteiger partial charge in [0.15, 0.2) is 0 Å². The largest absolute Gasteiger partial charge is 0.469 e. The Balaban J connectivity index is 0.00000180. The first-order valence-corrected chi connectivity index (χ1v) is 5.88. The Morgan fingerprint density at radius 2 is 2.05 bits per heavy atom. The van der Waals surface area contributed by atoms with Crippen molar-refractivity contribution in [2.45, 2.75) is 19.9 Å². The van der Waals surface area contributed by atoms with Gasteiger partial charge in [-0.15, -0.1) is 12.4 Å². The van der Waals surface area contributed by atoms with Crippen molar-refractivity contribution in [3.05, 3.63) is 36.0 Å². The number of carbonyl (C=O) groups is 1. The van der Waals surface area contributed by atoms with Crippen molar-refractivity contribution in [2.75, 3.05) is 7.11 Å². The third-order valence-corrected chi connectivity index (χ3v) is 3.43. The molecule has 0 radical (unpaired) electrons. The summed E-state index contributed by atoms with van der Waals surface area (Å²) < 4.78 is 4.80. The first-order chi connectivity index (χ1) is 8.46. The third-order valence-electron chi connectivity index (χ3n) is 3.43. The van der Waals surface area contributed by atoms with E-state index in [1.165, 1.54) is 7.11 Å². The summed E-state index contributed by atoms with van der Waals surface area (Å²) in [5, 5.41) is 1.13. The van der Waals surface area contributed by atoms with Crippen LogP contribution >= 0.6 is 12.4 Å². The standard InChI is InChI=1S/C14H18N2O2.ClH/c1-14(2,13(17)18-3)12(15)10-5-4-9-6-7-16-11(9)8-10;/h4-8,12,16H,15H2,1-3H3;1H/t12-;/m0./s1. The molecule has 1 aromatic carbocycles. The number of rotatable bonds is 3. The van der Waals surface area contributed by atoms with E-state index in [9.17, 15) is 4.79 Å². The van der Waals surface area contributed by atoms with Gasteiger partial charge in [-0.3, -0.25) is 4.79 Å². The van der Waals surface area contributed by atoms with Crippen LogP contribution in [0, 0.1) is 5.41 Å². The predicted octanol–water partition coefficient (Wildman–Crippen LogP) is 2.79. The van der Waals surface area contributed by atoms with Crippen molar-refractivity contribution >= 4 is 29.3 Å². The van der Waals surface area contributed by atoms with Gasteiger partial charge in [0.2, 0.25) is 0 Å². The van der Waals surface area contributed by atoms with Gasteiger partial charge in [-0.1, -0.05) is 12.1 Å². The molecule has 0 fully saturated rings. The van der Waals surface area contributed by atoms with Gasteiger partial charge in [-0.25, -0.2) is 0 Å². The summed E-state index contributed by atoms with van der Waals surface area (Å²) in [6.45, 7) is 3.59. The van der Waals surface area contributed by atoms with Gasteiger partial charge in [0.1, 0.15) is 0 Å². The molecule has 0 spiro atoms. The average molecular weight is 283 g/mol. The second-order valence-electron chi connectivity index (χ2n) is 5.02. The number of esters is 1. The van der Waals surface area contributed by atoms with Gasteiger partial charge in [0.05, 0.1) is 12.5 Å². The van der Waals surface area contributed by atoms with Crippen LogP contribution in [0.5, 0.6) is 0 Å². The molecule has 0 unspecified atom stereocenters. The fourth-order valence-electron chi connectivity index (χ4n) is 2.07. The Hall–Kier alpha value is -1.52. The average Bonchev–Trinajstić information content (AvgIpc) is 2.83. The van der Waals surface area contributed by atoms with E-state index < -0.39 is 11.5 Å². The number of nitrogens with one attached hydrogen (secondary N) is 1. The first-order valence-electron chi connectivity index (χ1n) is 5.88. The number of halogens is 1. The maximum atomic E-state index is 11.8. The highest BCUT2D eigenvalue weighted by Crippen LogP contribution is 2.33. The monoisotopic (exact) mass is 282 g/mol. The third kappa shape index (κ3) is 2.74. The number of aromatic nitrogens is 1. The van der Waals surface area contributed by atoms with Crippen LogP contribution in [0.2, 0.25) is 0 Å². The summed E-state index contributed by atoms with van der Waals surface area (Å²) in [7, 11) is 1.38. The van der Waals surface area contributed by atoms with Crippen molar-refractivity contribution in [2.24, 2.45) is 11.1 Å². The second-order valence-corrected chi connectivity index (χ2v) is 5.02. The molecule has 2 rings (SSSR count). The highest BCUT2D eigenvalue weighted by atomic mass is 35.5. The van der Waals surface area contributed by atoms with Gasteiger partial charge in [-0.2, -0.15) is 0 Å². The van der Waals surface area contributed by atoms with Crippen LogP contribution in [0.25, 0.3) is 10.9 Å². The minimum absolute atomic E-state index is 0. The molecular formula is C14H19ClN2O2. The number of fused-ring (bicyclic) bond motifs is 1. The Morgan fingerprint density at radius 1 is 1.37 bits per heavy atom. The van der Waals surface area contributed by atoms with E-state index in [1.807, 2.05) is 30.5 Å². The molecule has 0 saturated heterocycles. The Bertz CT molecular complexity index is 578. The zero-order chi connectivity index (χ0) is 13.3. The normalized spacial score (nSPS) is 12.8. The summed E-state index contributed by atoms with van der Waals surface area (Å²) in [5.41, 5.74) is 7.37. The zero-order valence-corrected chi connectivity index (χ0v) is 12.1. The molecule has 2 aromatic rings. The second kappa shape index (κ2) is 5.63. The molecule has 0 aliphatic carbocycles. The molecule has 1 aromatic heterocycles. The summed E-state index contributed by atoms with van der Waals surface area (Å²) in [4.78, 5) is 14.9. The summed E-state index contributed by atoms with van der Waals surface area (Å²) >= 11 is 0. The number of aromatic amines is 1. The molecule has 5 heteroatoms. The van der Waals surface area contributed by atoms with Gasteiger partial charge >= 0.3 is 5.97 Å². The Labute approximate surface area is 118 Å². The molecule has 1 heterocycles. The van der Waals surface area contributed by atoms with Crippen LogP contribution in [-0.4, -0.2) is 18.1 Å². The quantitative estimate of drug-likeness (QED) is 0.851. The molecule has 0 aliphatic rings. The molecule has 0 saturated carbocycles. The van der Waals surface area contributed by atoms with Crippen LogP contribution in [0.4, 0.5) is 0 Å². The van der Waals surface area contributed by atoms with E-state index in [0.29, 0.717) is 0 Å². The van der Waals surface area contributed by atoms with Crippen molar-refractivity contribution in [1.82, 2.24) is 4.98 Å². The first kappa shape index (κ1) is 15.5. The van der Waals surface area contributed by atoms with Crippen LogP contribution in [0.1, 0.15) is 25.5 Å². The van der Waals surface area contributed by atoms with E-state index in [2.05, 4.69) is 4.98 Å². The number of hydrogen-bond acceptors (Lipinski definition) is 3. The van der Waals surface area contributed by atoms with Crippen LogP contribution in [0.3, 0.4) is 0 Å². The molecule has 0 bridgehead atoms. The minimum Gasteiger partial charge on any atom is -0.469 e. The van der Waals surface area contributed by atoms with E-state index in [4.69, 9.17) is 10.5 Å². The maximum absolute atomic E-state index is 11.8. The van der Waals surface area contributed by atoms with E-state index in [0.717, 1.165) is 16.5 Å². The smallest absolute Gasteiger partial charge is 0.313 e. The predicted molar refractivity (Wildman–Crippen MR) is 78.3 cm³/mol. The molecule has 0 aliphatic heterocycles. The lowest BCUT2D eigenvalue weighted by molar-refractivity contribution is -0.152. The fraction of sp³-hybridized carbons (Fsp3) is 0.357. The molecular weight excluding hydrogens is 264 g/mol. The van der Waals surface area contributed by atoms with E-state index >= 15 is 0 Å².